The van der Waals surface area contributed by atoms with Crippen LogP contribution in [0.5, 0.6) is 5.75 Å². The second-order valence-corrected chi connectivity index (χ2v) is 6.50. The molecule has 124 valence electrons. The van der Waals surface area contributed by atoms with Gasteiger partial charge in [-0.25, -0.2) is 0 Å². The van der Waals surface area contributed by atoms with Gasteiger partial charge in [0.15, 0.2) is 0 Å². The van der Waals surface area contributed by atoms with E-state index < -0.39 is 0 Å². The third-order valence-electron chi connectivity index (χ3n) is 5.11. The summed E-state index contributed by atoms with van der Waals surface area (Å²) in [6.07, 6.45) is 3.61. The first kappa shape index (κ1) is 16.1. The average molecular weight is 313 g/mol. The number of benzene rings is 1. The number of rotatable bonds is 5. The maximum Gasteiger partial charge on any atom is 0.118 e. The Kier molecular flexibility index (Phi) is 4.71. The Morgan fingerprint density at radius 3 is 2.57 bits per heavy atom. The molecule has 4 nitrogen and oxygen atoms in total. The number of aromatic nitrogens is 2. The van der Waals surface area contributed by atoms with Crippen molar-refractivity contribution in [2.24, 2.45) is 7.05 Å². The molecular formula is C19H27N3O. The third-order valence-corrected chi connectivity index (χ3v) is 5.11. The fourth-order valence-corrected chi connectivity index (χ4v) is 3.76. The van der Waals surface area contributed by atoms with Crippen LogP contribution in [0.1, 0.15) is 41.4 Å². The van der Waals surface area contributed by atoms with E-state index in [-0.39, 0.29) is 0 Å². The van der Waals surface area contributed by atoms with Gasteiger partial charge in [-0.3, -0.25) is 9.58 Å². The number of aryl methyl sites for hydroxylation is 2. The van der Waals surface area contributed by atoms with E-state index in [9.17, 15) is 0 Å². The van der Waals surface area contributed by atoms with Crippen LogP contribution in [0.25, 0.3) is 0 Å². The van der Waals surface area contributed by atoms with Gasteiger partial charge in [-0.15, -0.1) is 0 Å². The van der Waals surface area contributed by atoms with Crippen LogP contribution in [0.3, 0.4) is 0 Å². The molecule has 0 saturated carbocycles. The first-order valence-corrected chi connectivity index (χ1v) is 8.47. The molecule has 1 fully saturated rings. The predicted octanol–water partition coefficient (Wildman–Crippen LogP) is 3.43. The highest BCUT2D eigenvalue weighted by atomic mass is 16.5. The largest absolute Gasteiger partial charge is 0.497 e. The SMILES string of the molecule is COc1ccc(CCN2CCCC2c2c(C)nn(C)c2C)cc1. The molecule has 1 aromatic carbocycles. The molecule has 0 aliphatic carbocycles. The summed E-state index contributed by atoms with van der Waals surface area (Å²) in [5, 5.41) is 4.60. The summed E-state index contributed by atoms with van der Waals surface area (Å²) in [6, 6.07) is 8.97. The minimum absolute atomic E-state index is 0.530. The molecule has 4 heteroatoms. The van der Waals surface area contributed by atoms with Crippen molar-refractivity contribution in [1.82, 2.24) is 14.7 Å². The van der Waals surface area contributed by atoms with E-state index in [1.54, 1.807) is 7.11 Å². The Bertz CT molecular complexity index is 660. The molecule has 1 aliphatic heterocycles. The lowest BCUT2D eigenvalue weighted by atomic mass is 10.0. The van der Waals surface area contributed by atoms with Gasteiger partial charge in [0.25, 0.3) is 0 Å². The second kappa shape index (κ2) is 6.75. The van der Waals surface area contributed by atoms with E-state index in [2.05, 4.69) is 36.0 Å². The summed E-state index contributed by atoms with van der Waals surface area (Å²) in [6.45, 7) is 6.62. The lowest BCUT2D eigenvalue weighted by Gasteiger charge is -2.25. The molecule has 2 aromatic rings. The number of methoxy groups -OCH3 is 1. The molecule has 0 bridgehead atoms. The monoisotopic (exact) mass is 313 g/mol. The number of hydrogen-bond acceptors (Lipinski definition) is 3. The van der Waals surface area contributed by atoms with Crippen LogP contribution in [0.2, 0.25) is 0 Å². The lowest BCUT2D eigenvalue weighted by molar-refractivity contribution is 0.259. The lowest BCUT2D eigenvalue weighted by Crippen LogP contribution is -2.26. The van der Waals surface area contributed by atoms with Crippen LogP contribution in [0.4, 0.5) is 0 Å². The summed E-state index contributed by atoms with van der Waals surface area (Å²) in [7, 11) is 3.75. The van der Waals surface area contributed by atoms with Gasteiger partial charge in [-0.05, 0) is 57.4 Å². The molecule has 0 amide bonds. The van der Waals surface area contributed by atoms with Gasteiger partial charge in [0.1, 0.15) is 5.75 Å². The summed E-state index contributed by atoms with van der Waals surface area (Å²) in [5.74, 6) is 0.925. The van der Waals surface area contributed by atoms with Gasteiger partial charge in [0.2, 0.25) is 0 Å². The van der Waals surface area contributed by atoms with E-state index in [1.807, 2.05) is 23.9 Å². The maximum atomic E-state index is 5.23. The van der Waals surface area contributed by atoms with Crippen molar-refractivity contribution in [3.8, 4) is 5.75 Å². The predicted molar refractivity (Wildman–Crippen MR) is 92.9 cm³/mol. The van der Waals surface area contributed by atoms with E-state index in [1.165, 1.54) is 41.9 Å². The Morgan fingerprint density at radius 1 is 1.22 bits per heavy atom. The van der Waals surface area contributed by atoms with Crippen molar-refractivity contribution in [3.05, 3.63) is 46.8 Å². The van der Waals surface area contributed by atoms with E-state index in [0.717, 1.165) is 18.7 Å². The minimum atomic E-state index is 0.530. The van der Waals surface area contributed by atoms with E-state index >= 15 is 0 Å². The zero-order valence-corrected chi connectivity index (χ0v) is 14.7. The van der Waals surface area contributed by atoms with Crippen molar-refractivity contribution in [2.45, 2.75) is 39.2 Å². The van der Waals surface area contributed by atoms with Gasteiger partial charge in [0, 0.05) is 30.9 Å². The Morgan fingerprint density at radius 2 is 1.96 bits per heavy atom. The molecule has 23 heavy (non-hydrogen) atoms. The van der Waals surface area contributed by atoms with Gasteiger partial charge < -0.3 is 4.74 Å². The van der Waals surface area contributed by atoms with Crippen LogP contribution in [0.15, 0.2) is 24.3 Å². The minimum Gasteiger partial charge on any atom is -0.497 e. The molecular weight excluding hydrogens is 286 g/mol. The number of nitrogens with zero attached hydrogens (tertiary/aromatic N) is 3. The standard InChI is InChI=1S/C19H27N3O/c1-14-19(15(2)21(3)20-14)18-6-5-12-22(18)13-11-16-7-9-17(23-4)10-8-16/h7-10,18H,5-6,11-13H2,1-4H3. The van der Waals surface area contributed by atoms with Crippen LogP contribution in [0, 0.1) is 13.8 Å². The van der Waals surface area contributed by atoms with Gasteiger partial charge in [0.05, 0.1) is 12.8 Å². The van der Waals surface area contributed by atoms with Crippen LogP contribution in [-0.4, -0.2) is 34.9 Å². The first-order valence-electron chi connectivity index (χ1n) is 8.47. The highest BCUT2D eigenvalue weighted by Crippen LogP contribution is 2.35. The van der Waals surface area contributed by atoms with Crippen LogP contribution in [-0.2, 0) is 13.5 Å². The molecule has 1 aliphatic rings. The molecule has 0 radical (unpaired) electrons. The fraction of sp³-hybridized carbons (Fsp3) is 0.526. The number of hydrogen-bond donors (Lipinski definition) is 0. The summed E-state index contributed by atoms with van der Waals surface area (Å²) in [4.78, 5) is 2.63. The smallest absolute Gasteiger partial charge is 0.118 e. The maximum absolute atomic E-state index is 5.23. The molecule has 1 saturated heterocycles. The van der Waals surface area contributed by atoms with Crippen LogP contribution >= 0.6 is 0 Å². The Balaban J connectivity index is 1.69. The Hall–Kier alpha value is -1.81. The number of ether oxygens (including phenoxy) is 1. The molecule has 3 rings (SSSR count). The Labute approximate surface area is 139 Å². The molecule has 1 unspecified atom stereocenters. The van der Waals surface area contributed by atoms with Gasteiger partial charge >= 0.3 is 0 Å². The quantitative estimate of drug-likeness (QED) is 0.847. The topological polar surface area (TPSA) is 30.3 Å². The van der Waals surface area contributed by atoms with Crippen molar-refractivity contribution in [3.63, 3.8) is 0 Å². The summed E-state index contributed by atoms with van der Waals surface area (Å²) in [5.41, 5.74) is 5.31. The second-order valence-electron chi connectivity index (χ2n) is 6.50. The van der Waals surface area contributed by atoms with Crippen molar-refractivity contribution < 1.29 is 4.74 Å². The van der Waals surface area contributed by atoms with E-state index in [0.29, 0.717) is 6.04 Å². The highest BCUT2D eigenvalue weighted by Gasteiger charge is 2.29. The molecule has 1 atom stereocenters. The summed E-state index contributed by atoms with van der Waals surface area (Å²) >= 11 is 0. The number of likely N-dealkylation sites (tertiary alicyclic amines) is 1. The normalized spacial score (nSPS) is 18.5. The highest BCUT2D eigenvalue weighted by molar-refractivity contribution is 5.30. The van der Waals surface area contributed by atoms with Crippen molar-refractivity contribution in [1.29, 1.82) is 0 Å². The molecule has 0 N–H and O–H groups in total. The molecule has 2 heterocycles. The van der Waals surface area contributed by atoms with Gasteiger partial charge in [-0.2, -0.15) is 5.10 Å². The average Bonchev–Trinajstić information content (AvgIpc) is 3.10. The summed E-state index contributed by atoms with van der Waals surface area (Å²) < 4.78 is 7.25. The zero-order chi connectivity index (χ0) is 16.4. The van der Waals surface area contributed by atoms with E-state index in [4.69, 9.17) is 4.74 Å². The zero-order valence-electron chi connectivity index (χ0n) is 14.7. The fourth-order valence-electron chi connectivity index (χ4n) is 3.76. The third kappa shape index (κ3) is 3.27. The van der Waals surface area contributed by atoms with Gasteiger partial charge in [-0.1, -0.05) is 12.1 Å². The first-order chi connectivity index (χ1) is 11.1. The van der Waals surface area contributed by atoms with Crippen molar-refractivity contribution in [2.75, 3.05) is 20.2 Å². The molecule has 1 aromatic heterocycles. The molecule has 0 spiro atoms. The van der Waals surface area contributed by atoms with Crippen molar-refractivity contribution >= 4 is 0 Å². The van der Waals surface area contributed by atoms with Crippen LogP contribution < -0.4 is 4.74 Å².